The predicted molar refractivity (Wildman–Crippen MR) is 91.7 cm³/mol. The number of carbonyl (C=O) groups excluding carboxylic acids is 2. The molecule has 0 unspecified atom stereocenters. The molecule has 0 bridgehead atoms. The van der Waals surface area contributed by atoms with E-state index >= 15 is 0 Å². The fraction of sp³-hybridized carbons (Fsp3) is 0. The summed E-state index contributed by atoms with van der Waals surface area (Å²) >= 11 is 0. The molecule has 0 aliphatic carbocycles. The van der Waals surface area contributed by atoms with E-state index in [9.17, 15) is 14.7 Å². The first-order valence-electron chi connectivity index (χ1n) is 7.57. The van der Waals surface area contributed by atoms with Gasteiger partial charge in [0.1, 0.15) is 11.5 Å². The van der Waals surface area contributed by atoms with Crippen molar-refractivity contribution in [3.05, 3.63) is 90.0 Å². The van der Waals surface area contributed by atoms with Crippen LogP contribution < -0.4 is 15.2 Å². The lowest BCUT2D eigenvalue weighted by molar-refractivity contribution is -0.255. The van der Waals surface area contributed by atoms with E-state index in [1.165, 1.54) is 18.2 Å². The van der Waals surface area contributed by atoms with Crippen molar-refractivity contribution in [2.75, 3.05) is 5.32 Å². The summed E-state index contributed by atoms with van der Waals surface area (Å²) in [4.78, 5) is 23.1. The van der Waals surface area contributed by atoms with Crippen LogP contribution in [0.1, 0.15) is 20.7 Å². The van der Waals surface area contributed by atoms with E-state index in [1.807, 2.05) is 30.3 Å². The summed E-state index contributed by atoms with van der Waals surface area (Å²) in [6, 6.07) is 21.9. The number of hydrogen-bond donors (Lipinski definition) is 1. The van der Waals surface area contributed by atoms with Crippen molar-refractivity contribution in [2.45, 2.75) is 0 Å². The van der Waals surface area contributed by atoms with Crippen LogP contribution in [0.2, 0.25) is 0 Å². The molecule has 1 N–H and O–H groups in total. The van der Waals surface area contributed by atoms with Crippen LogP contribution in [0.3, 0.4) is 0 Å². The van der Waals surface area contributed by atoms with Gasteiger partial charge in [-0.1, -0.05) is 30.3 Å². The molecule has 0 aromatic heterocycles. The highest BCUT2D eigenvalue weighted by Gasteiger charge is 2.07. The first-order chi connectivity index (χ1) is 12.1. The molecule has 0 spiro atoms. The summed E-state index contributed by atoms with van der Waals surface area (Å²) in [7, 11) is 0. The molecule has 3 aromatic carbocycles. The molecule has 5 nitrogen and oxygen atoms in total. The zero-order valence-electron chi connectivity index (χ0n) is 13.1. The first-order valence-corrected chi connectivity index (χ1v) is 7.57. The second-order valence-electron chi connectivity index (χ2n) is 5.26. The largest absolute Gasteiger partial charge is 0.545 e. The highest BCUT2D eigenvalue weighted by molar-refractivity contribution is 6.04. The Hall–Kier alpha value is -3.60. The lowest BCUT2D eigenvalue weighted by atomic mass is 10.1. The van der Waals surface area contributed by atoms with Crippen molar-refractivity contribution in [3.63, 3.8) is 0 Å². The Bertz CT molecular complexity index is 889. The van der Waals surface area contributed by atoms with Gasteiger partial charge in [-0.3, -0.25) is 4.79 Å². The van der Waals surface area contributed by atoms with E-state index in [0.717, 1.165) is 0 Å². The maximum atomic E-state index is 12.2. The van der Waals surface area contributed by atoms with Crippen LogP contribution in [0.25, 0.3) is 0 Å². The minimum absolute atomic E-state index is 0.00408. The van der Waals surface area contributed by atoms with Gasteiger partial charge in [-0.15, -0.1) is 0 Å². The summed E-state index contributed by atoms with van der Waals surface area (Å²) in [5.41, 5.74) is 0.819. The lowest BCUT2D eigenvalue weighted by Crippen LogP contribution is -2.22. The summed E-state index contributed by atoms with van der Waals surface area (Å²) in [6.45, 7) is 0. The van der Waals surface area contributed by atoms with Gasteiger partial charge in [0, 0.05) is 11.3 Å². The van der Waals surface area contributed by atoms with E-state index in [1.54, 1.807) is 30.3 Å². The van der Waals surface area contributed by atoms with Gasteiger partial charge in [-0.25, -0.2) is 0 Å². The van der Waals surface area contributed by atoms with E-state index < -0.39 is 5.97 Å². The highest BCUT2D eigenvalue weighted by atomic mass is 16.5. The van der Waals surface area contributed by atoms with E-state index in [0.29, 0.717) is 22.7 Å². The Balaban J connectivity index is 1.68. The molecule has 0 radical (unpaired) electrons. The number of hydrogen-bond acceptors (Lipinski definition) is 4. The summed E-state index contributed by atoms with van der Waals surface area (Å²) in [5.74, 6) is -0.319. The molecule has 0 heterocycles. The number of para-hydroxylation sites is 1. The van der Waals surface area contributed by atoms with Gasteiger partial charge in [0.05, 0.1) is 5.97 Å². The number of carbonyl (C=O) groups is 2. The van der Waals surface area contributed by atoms with Crippen LogP contribution in [-0.2, 0) is 0 Å². The molecule has 0 saturated heterocycles. The van der Waals surface area contributed by atoms with Gasteiger partial charge >= 0.3 is 0 Å². The molecule has 25 heavy (non-hydrogen) atoms. The Labute approximate surface area is 144 Å². The van der Waals surface area contributed by atoms with Crippen molar-refractivity contribution in [1.29, 1.82) is 0 Å². The van der Waals surface area contributed by atoms with Gasteiger partial charge in [-0.05, 0) is 54.1 Å². The number of anilines is 1. The monoisotopic (exact) mass is 332 g/mol. The standard InChI is InChI=1S/C20H15NO4/c22-19(21-16-6-4-5-15(13-16)20(23)24)14-9-11-18(12-10-14)25-17-7-2-1-3-8-17/h1-13H,(H,21,22)(H,23,24)/p-1. The van der Waals surface area contributed by atoms with Gasteiger partial charge < -0.3 is 20.0 Å². The molecular weight excluding hydrogens is 318 g/mol. The fourth-order valence-corrected chi connectivity index (χ4v) is 2.23. The number of carboxylic acids is 1. The Morgan fingerprint density at radius 1 is 0.760 bits per heavy atom. The van der Waals surface area contributed by atoms with Crippen LogP contribution in [0, 0.1) is 0 Å². The molecule has 0 fully saturated rings. The number of carboxylic acid groups (broad SMARTS) is 1. The zero-order chi connectivity index (χ0) is 17.6. The molecule has 124 valence electrons. The fourth-order valence-electron chi connectivity index (χ4n) is 2.23. The Morgan fingerprint density at radius 2 is 1.44 bits per heavy atom. The van der Waals surface area contributed by atoms with Gasteiger partial charge in [0.25, 0.3) is 5.91 Å². The summed E-state index contributed by atoms with van der Waals surface area (Å²) in [6.07, 6.45) is 0. The van der Waals surface area contributed by atoms with Crippen molar-refractivity contribution in [1.82, 2.24) is 0 Å². The minimum Gasteiger partial charge on any atom is -0.545 e. The number of benzene rings is 3. The second-order valence-corrected chi connectivity index (χ2v) is 5.26. The molecule has 3 rings (SSSR count). The average molecular weight is 332 g/mol. The Kier molecular flexibility index (Phi) is 4.76. The van der Waals surface area contributed by atoms with Gasteiger partial charge in [0.2, 0.25) is 0 Å². The molecule has 0 saturated carbocycles. The molecular formula is C20H14NO4-. The van der Waals surface area contributed by atoms with Crippen molar-refractivity contribution in [3.8, 4) is 11.5 Å². The summed E-state index contributed by atoms with van der Waals surface area (Å²) in [5, 5.41) is 13.5. The number of ether oxygens (including phenoxy) is 1. The van der Waals surface area contributed by atoms with E-state index in [2.05, 4.69) is 5.32 Å². The smallest absolute Gasteiger partial charge is 0.255 e. The SMILES string of the molecule is O=C([O-])c1cccc(NC(=O)c2ccc(Oc3ccccc3)cc2)c1. The predicted octanol–water partition coefficient (Wildman–Crippen LogP) is 3.09. The number of nitrogens with one attached hydrogen (secondary N) is 1. The number of aromatic carboxylic acids is 1. The number of rotatable bonds is 5. The average Bonchev–Trinajstić information content (AvgIpc) is 2.63. The van der Waals surface area contributed by atoms with Crippen molar-refractivity contribution >= 4 is 17.6 Å². The van der Waals surface area contributed by atoms with Crippen LogP contribution in [-0.4, -0.2) is 11.9 Å². The van der Waals surface area contributed by atoms with E-state index in [4.69, 9.17) is 4.74 Å². The van der Waals surface area contributed by atoms with Crippen LogP contribution in [0.4, 0.5) is 5.69 Å². The molecule has 1 amide bonds. The van der Waals surface area contributed by atoms with E-state index in [-0.39, 0.29) is 11.5 Å². The number of amides is 1. The molecule has 0 aliphatic rings. The maximum absolute atomic E-state index is 12.2. The molecule has 0 atom stereocenters. The molecule has 0 aliphatic heterocycles. The third-order valence-electron chi connectivity index (χ3n) is 3.45. The highest BCUT2D eigenvalue weighted by Crippen LogP contribution is 2.21. The quantitative estimate of drug-likeness (QED) is 0.779. The zero-order valence-corrected chi connectivity index (χ0v) is 13.1. The Morgan fingerprint density at radius 3 is 2.12 bits per heavy atom. The third-order valence-corrected chi connectivity index (χ3v) is 3.45. The van der Waals surface area contributed by atoms with Gasteiger partial charge in [-0.2, -0.15) is 0 Å². The second kappa shape index (κ2) is 7.31. The summed E-state index contributed by atoms with van der Waals surface area (Å²) < 4.78 is 5.67. The lowest BCUT2D eigenvalue weighted by Gasteiger charge is -2.09. The first kappa shape index (κ1) is 16.3. The molecule has 3 aromatic rings. The minimum atomic E-state index is -1.29. The van der Waals surface area contributed by atoms with Crippen LogP contribution >= 0.6 is 0 Å². The normalized spacial score (nSPS) is 10.1. The third kappa shape index (κ3) is 4.23. The van der Waals surface area contributed by atoms with Crippen molar-refractivity contribution in [2.24, 2.45) is 0 Å². The van der Waals surface area contributed by atoms with Crippen molar-refractivity contribution < 1.29 is 19.4 Å². The topological polar surface area (TPSA) is 78.5 Å². The maximum Gasteiger partial charge on any atom is 0.255 e. The van der Waals surface area contributed by atoms with Gasteiger partial charge in [0.15, 0.2) is 0 Å². The van der Waals surface area contributed by atoms with Crippen LogP contribution in [0.5, 0.6) is 11.5 Å². The van der Waals surface area contributed by atoms with Crippen LogP contribution in [0.15, 0.2) is 78.9 Å². The molecule has 5 heteroatoms.